The number of halogens is 1. The Hall–Kier alpha value is -3.29. The number of nitrogens with zero attached hydrogens (tertiary/aromatic N) is 1. The van der Waals surface area contributed by atoms with Crippen LogP contribution in [0.1, 0.15) is 16.0 Å². The number of benzene rings is 2. The fourth-order valence-electron chi connectivity index (χ4n) is 3.52. The van der Waals surface area contributed by atoms with E-state index in [1.807, 2.05) is 42.6 Å². The Labute approximate surface area is 187 Å². The van der Waals surface area contributed by atoms with Gasteiger partial charge in [-0.25, -0.2) is 0 Å². The molecule has 3 aromatic rings. The third-order valence-corrected chi connectivity index (χ3v) is 6.45. The lowest BCUT2D eigenvalue weighted by Crippen LogP contribution is -2.31. The van der Waals surface area contributed by atoms with Gasteiger partial charge in [0.1, 0.15) is 5.70 Å². The molecule has 0 unspecified atom stereocenters. The van der Waals surface area contributed by atoms with Crippen molar-refractivity contribution in [2.24, 2.45) is 0 Å². The quantitative estimate of drug-likeness (QED) is 0.561. The van der Waals surface area contributed by atoms with Gasteiger partial charge in [-0.05, 0) is 53.8 Å². The first-order valence-electron chi connectivity index (χ1n) is 9.57. The Kier molecular flexibility index (Phi) is 4.92. The average Bonchev–Trinajstić information content (AvgIpc) is 3.48. The Balaban J connectivity index is 1.48. The normalized spacial score (nSPS) is 15.2. The minimum absolute atomic E-state index is 0.128. The molecule has 2 aliphatic rings. The second-order valence-electron chi connectivity index (χ2n) is 7.20. The first-order chi connectivity index (χ1) is 15.0. The molecule has 0 aliphatic carbocycles. The number of imide groups is 1. The summed E-state index contributed by atoms with van der Waals surface area (Å²) in [6, 6.07) is 14.5. The van der Waals surface area contributed by atoms with Gasteiger partial charge in [-0.1, -0.05) is 29.8 Å². The van der Waals surface area contributed by atoms with Crippen LogP contribution >= 0.6 is 22.9 Å². The van der Waals surface area contributed by atoms with E-state index in [-0.39, 0.29) is 30.8 Å². The molecule has 2 aliphatic heterocycles. The van der Waals surface area contributed by atoms with Crippen molar-refractivity contribution >= 4 is 46.0 Å². The van der Waals surface area contributed by atoms with Crippen LogP contribution in [0.2, 0.25) is 5.02 Å². The van der Waals surface area contributed by atoms with Crippen molar-refractivity contribution in [2.75, 3.05) is 12.1 Å². The zero-order chi connectivity index (χ0) is 21.5. The molecule has 8 heteroatoms. The van der Waals surface area contributed by atoms with Gasteiger partial charge in [0.25, 0.3) is 11.8 Å². The summed E-state index contributed by atoms with van der Waals surface area (Å²) in [4.78, 5) is 28.6. The molecule has 2 aromatic carbocycles. The van der Waals surface area contributed by atoms with Crippen LogP contribution in [-0.2, 0) is 16.1 Å². The SMILES string of the molecule is Cc1ccc(NC2=C(c3cccs3)C(=O)N(Cc3ccc4c(c3)OCO4)C2=O)cc1Cl. The number of fused-ring (bicyclic) bond motifs is 1. The molecule has 0 fully saturated rings. The molecule has 0 radical (unpaired) electrons. The van der Waals surface area contributed by atoms with Crippen LogP contribution in [0.3, 0.4) is 0 Å². The van der Waals surface area contributed by atoms with Crippen molar-refractivity contribution in [2.45, 2.75) is 13.5 Å². The number of thiophene rings is 1. The molecular weight excluding hydrogens is 436 g/mol. The van der Waals surface area contributed by atoms with Crippen molar-refractivity contribution in [3.8, 4) is 11.5 Å². The summed E-state index contributed by atoms with van der Waals surface area (Å²) in [6.07, 6.45) is 0. The number of nitrogens with one attached hydrogen (secondary N) is 1. The van der Waals surface area contributed by atoms with Crippen LogP contribution in [0.4, 0.5) is 5.69 Å². The molecule has 31 heavy (non-hydrogen) atoms. The van der Waals surface area contributed by atoms with Crippen LogP contribution in [0.25, 0.3) is 5.57 Å². The highest BCUT2D eigenvalue weighted by Crippen LogP contribution is 2.36. The van der Waals surface area contributed by atoms with Crippen molar-refractivity contribution < 1.29 is 19.1 Å². The molecule has 0 atom stereocenters. The van der Waals surface area contributed by atoms with Gasteiger partial charge < -0.3 is 14.8 Å². The minimum Gasteiger partial charge on any atom is -0.454 e. The minimum atomic E-state index is -0.386. The standard InChI is InChI=1S/C23H17ClN2O4S/c1-13-4-6-15(10-16(13)24)25-21-20(19-3-2-8-31-19)22(27)26(23(21)28)11-14-5-7-17-18(9-14)30-12-29-17/h2-10,25H,11-12H2,1H3. The van der Waals surface area contributed by atoms with Crippen molar-refractivity contribution in [3.63, 3.8) is 0 Å². The maximum atomic E-state index is 13.3. The molecule has 0 saturated carbocycles. The first kappa shape index (κ1) is 19.7. The number of carbonyl (C=O) groups is 2. The predicted octanol–water partition coefficient (Wildman–Crippen LogP) is 4.83. The molecule has 1 aromatic heterocycles. The van der Waals surface area contributed by atoms with Gasteiger partial charge in [-0.15, -0.1) is 11.3 Å². The number of anilines is 1. The van der Waals surface area contributed by atoms with Crippen molar-refractivity contribution in [1.29, 1.82) is 0 Å². The summed E-state index contributed by atoms with van der Waals surface area (Å²) in [5.41, 5.74) is 2.95. The van der Waals surface area contributed by atoms with Crippen molar-refractivity contribution in [3.05, 3.63) is 80.6 Å². The molecule has 1 N–H and O–H groups in total. The van der Waals surface area contributed by atoms with E-state index in [9.17, 15) is 9.59 Å². The molecule has 3 heterocycles. The van der Waals surface area contributed by atoms with E-state index < -0.39 is 0 Å². The summed E-state index contributed by atoms with van der Waals surface area (Å²) in [5, 5.41) is 5.59. The van der Waals surface area contributed by atoms with E-state index in [0.29, 0.717) is 27.8 Å². The highest BCUT2D eigenvalue weighted by molar-refractivity contribution is 7.11. The zero-order valence-electron chi connectivity index (χ0n) is 16.5. The maximum absolute atomic E-state index is 13.3. The fraction of sp³-hybridized carbons (Fsp3) is 0.130. The van der Waals surface area contributed by atoms with Crippen LogP contribution < -0.4 is 14.8 Å². The van der Waals surface area contributed by atoms with Gasteiger partial charge in [-0.3, -0.25) is 14.5 Å². The van der Waals surface area contributed by atoms with Gasteiger partial charge >= 0.3 is 0 Å². The molecule has 5 rings (SSSR count). The summed E-state index contributed by atoms with van der Waals surface area (Å²) in [6.45, 7) is 2.19. The molecule has 2 amide bonds. The van der Waals surface area contributed by atoms with E-state index in [0.717, 1.165) is 16.0 Å². The van der Waals surface area contributed by atoms with E-state index in [1.54, 1.807) is 18.2 Å². The third kappa shape index (κ3) is 3.56. The molecule has 0 saturated heterocycles. The van der Waals surface area contributed by atoms with Crippen LogP contribution in [0.5, 0.6) is 11.5 Å². The summed E-state index contributed by atoms with van der Waals surface area (Å²) < 4.78 is 10.7. The second-order valence-corrected chi connectivity index (χ2v) is 8.56. The van der Waals surface area contributed by atoms with Gasteiger partial charge in [0.05, 0.1) is 12.1 Å². The number of rotatable bonds is 5. The maximum Gasteiger partial charge on any atom is 0.278 e. The average molecular weight is 453 g/mol. The van der Waals surface area contributed by atoms with E-state index in [1.165, 1.54) is 16.2 Å². The smallest absolute Gasteiger partial charge is 0.278 e. The summed E-state index contributed by atoms with van der Waals surface area (Å²) in [5.74, 6) is 0.531. The Bertz CT molecular complexity index is 1240. The molecule has 0 spiro atoms. The summed E-state index contributed by atoms with van der Waals surface area (Å²) in [7, 11) is 0. The molecule has 0 bridgehead atoms. The number of amides is 2. The van der Waals surface area contributed by atoms with E-state index >= 15 is 0 Å². The van der Waals surface area contributed by atoms with Gasteiger partial charge in [-0.2, -0.15) is 0 Å². The van der Waals surface area contributed by atoms with Crippen LogP contribution in [0, 0.1) is 6.92 Å². The summed E-state index contributed by atoms with van der Waals surface area (Å²) >= 11 is 7.65. The molecular formula is C23H17ClN2O4S. The Morgan fingerprint density at radius 3 is 2.68 bits per heavy atom. The number of carbonyl (C=O) groups excluding carboxylic acids is 2. The Morgan fingerprint density at radius 1 is 1.06 bits per heavy atom. The van der Waals surface area contributed by atoms with Gasteiger partial charge in [0.15, 0.2) is 11.5 Å². The lowest BCUT2D eigenvalue weighted by atomic mass is 10.1. The highest BCUT2D eigenvalue weighted by atomic mass is 35.5. The Morgan fingerprint density at radius 2 is 1.90 bits per heavy atom. The van der Waals surface area contributed by atoms with Crippen LogP contribution in [0.15, 0.2) is 59.6 Å². The van der Waals surface area contributed by atoms with E-state index in [4.69, 9.17) is 21.1 Å². The number of ether oxygens (including phenoxy) is 2. The monoisotopic (exact) mass is 452 g/mol. The van der Waals surface area contributed by atoms with E-state index in [2.05, 4.69) is 5.32 Å². The fourth-order valence-corrected chi connectivity index (χ4v) is 4.47. The number of aryl methyl sites for hydroxylation is 1. The second kappa shape index (κ2) is 7.76. The zero-order valence-corrected chi connectivity index (χ0v) is 18.0. The first-order valence-corrected chi connectivity index (χ1v) is 10.8. The van der Waals surface area contributed by atoms with Crippen molar-refractivity contribution in [1.82, 2.24) is 4.90 Å². The lowest BCUT2D eigenvalue weighted by Gasteiger charge is -2.16. The lowest BCUT2D eigenvalue weighted by molar-refractivity contribution is -0.137. The molecule has 6 nitrogen and oxygen atoms in total. The number of hydrogen-bond acceptors (Lipinski definition) is 6. The topological polar surface area (TPSA) is 67.9 Å². The highest BCUT2D eigenvalue weighted by Gasteiger charge is 2.39. The predicted molar refractivity (Wildman–Crippen MR) is 119 cm³/mol. The van der Waals surface area contributed by atoms with Crippen LogP contribution in [-0.4, -0.2) is 23.5 Å². The third-order valence-electron chi connectivity index (χ3n) is 5.15. The molecule has 156 valence electrons. The number of hydrogen-bond donors (Lipinski definition) is 1. The largest absolute Gasteiger partial charge is 0.454 e. The van der Waals surface area contributed by atoms with Gasteiger partial charge in [0, 0.05) is 15.6 Å². The van der Waals surface area contributed by atoms with Gasteiger partial charge in [0.2, 0.25) is 6.79 Å².